The van der Waals surface area contributed by atoms with E-state index in [9.17, 15) is 4.79 Å². The van der Waals surface area contributed by atoms with Gasteiger partial charge in [0.1, 0.15) is 5.01 Å². The van der Waals surface area contributed by atoms with Crippen LogP contribution in [0.15, 0.2) is 35.7 Å². The fraction of sp³-hybridized carbons (Fsp3) is 0. The minimum Gasteiger partial charge on any atom is -0.476 e. The van der Waals surface area contributed by atoms with E-state index in [0.29, 0.717) is 5.01 Å². The van der Waals surface area contributed by atoms with Crippen molar-refractivity contribution in [2.75, 3.05) is 0 Å². The van der Waals surface area contributed by atoms with Gasteiger partial charge in [-0.15, -0.1) is 11.3 Å². The maximum absolute atomic E-state index is 10.8. The summed E-state index contributed by atoms with van der Waals surface area (Å²) in [5.74, 6) is -0.997. The first-order valence-corrected chi connectivity index (χ1v) is 5.89. The number of nitrogens with one attached hydrogen (secondary N) is 1. The molecule has 3 rings (SSSR count). The maximum atomic E-state index is 10.8. The highest BCUT2D eigenvalue weighted by Gasteiger charge is 2.11. The van der Waals surface area contributed by atoms with Crippen LogP contribution >= 0.6 is 11.3 Å². The third-order valence-electron chi connectivity index (χ3n) is 2.48. The number of rotatable bonds is 2. The number of para-hydroxylation sites is 1. The summed E-state index contributed by atoms with van der Waals surface area (Å²) in [6.45, 7) is 0. The minimum atomic E-state index is -0.997. The van der Waals surface area contributed by atoms with E-state index in [1.54, 1.807) is 5.38 Å². The predicted molar refractivity (Wildman–Crippen MR) is 66.4 cm³/mol. The molecule has 84 valence electrons. The molecule has 0 unspecified atom stereocenters. The molecule has 0 spiro atoms. The molecule has 2 heterocycles. The van der Waals surface area contributed by atoms with Crippen molar-refractivity contribution in [2.45, 2.75) is 0 Å². The average molecular weight is 244 g/mol. The Balaban J connectivity index is 2.10. The van der Waals surface area contributed by atoms with Crippen molar-refractivity contribution in [3.8, 4) is 10.7 Å². The van der Waals surface area contributed by atoms with E-state index in [1.165, 1.54) is 11.3 Å². The Morgan fingerprint density at radius 1 is 1.35 bits per heavy atom. The Labute approximate surface area is 101 Å². The molecule has 0 atom stereocenters. The third-order valence-corrected chi connectivity index (χ3v) is 3.36. The first kappa shape index (κ1) is 10.0. The Hall–Kier alpha value is -2.14. The molecule has 2 N–H and O–H groups in total. The van der Waals surface area contributed by atoms with Crippen LogP contribution in [0.2, 0.25) is 0 Å². The monoisotopic (exact) mass is 244 g/mol. The number of carbonyl (C=O) groups is 1. The van der Waals surface area contributed by atoms with Crippen molar-refractivity contribution in [1.29, 1.82) is 0 Å². The molecule has 0 amide bonds. The van der Waals surface area contributed by atoms with E-state index in [4.69, 9.17) is 5.11 Å². The third kappa shape index (κ3) is 1.70. The van der Waals surface area contributed by atoms with E-state index in [1.807, 2.05) is 30.3 Å². The fourth-order valence-corrected chi connectivity index (χ4v) is 2.45. The lowest BCUT2D eigenvalue weighted by atomic mass is 10.2. The smallest absolute Gasteiger partial charge is 0.355 e. The topological polar surface area (TPSA) is 66.0 Å². The van der Waals surface area contributed by atoms with Gasteiger partial charge >= 0.3 is 5.97 Å². The van der Waals surface area contributed by atoms with Gasteiger partial charge in [-0.3, -0.25) is 0 Å². The molecule has 0 bridgehead atoms. The van der Waals surface area contributed by atoms with Crippen molar-refractivity contribution >= 4 is 28.2 Å². The summed E-state index contributed by atoms with van der Waals surface area (Å²) in [5, 5.41) is 12.1. The zero-order valence-corrected chi connectivity index (χ0v) is 9.49. The predicted octanol–water partition coefficient (Wildman–Crippen LogP) is 2.99. The number of aromatic amines is 1. The number of hydrogen-bond acceptors (Lipinski definition) is 3. The molecule has 0 aliphatic rings. The number of fused-ring (bicyclic) bond motifs is 1. The summed E-state index contributed by atoms with van der Waals surface area (Å²) in [5.41, 5.74) is 1.96. The van der Waals surface area contributed by atoms with Crippen LogP contribution in [0.25, 0.3) is 21.6 Å². The zero-order chi connectivity index (χ0) is 11.8. The molecular weight excluding hydrogens is 236 g/mol. The van der Waals surface area contributed by atoms with Crippen molar-refractivity contribution in [3.05, 3.63) is 41.4 Å². The molecular formula is C12H8N2O2S. The van der Waals surface area contributed by atoms with Crippen molar-refractivity contribution in [3.63, 3.8) is 0 Å². The van der Waals surface area contributed by atoms with Crippen molar-refractivity contribution in [2.24, 2.45) is 0 Å². The zero-order valence-electron chi connectivity index (χ0n) is 8.68. The maximum Gasteiger partial charge on any atom is 0.355 e. The molecule has 2 aromatic heterocycles. The van der Waals surface area contributed by atoms with Gasteiger partial charge in [-0.05, 0) is 12.1 Å². The van der Waals surface area contributed by atoms with Crippen LogP contribution in [0.5, 0.6) is 0 Å². The van der Waals surface area contributed by atoms with Crippen LogP contribution in [0.3, 0.4) is 0 Å². The number of hydrogen-bond donors (Lipinski definition) is 2. The summed E-state index contributed by atoms with van der Waals surface area (Å²) in [6, 6.07) is 9.86. The second-order valence-corrected chi connectivity index (χ2v) is 4.47. The molecule has 0 fully saturated rings. The second-order valence-electron chi connectivity index (χ2n) is 3.61. The lowest BCUT2D eigenvalue weighted by molar-refractivity contribution is 0.0691. The number of benzene rings is 1. The minimum absolute atomic E-state index is 0.0867. The first-order chi connectivity index (χ1) is 8.24. The van der Waals surface area contributed by atoms with Gasteiger partial charge in [-0.2, -0.15) is 0 Å². The molecule has 0 radical (unpaired) electrons. The van der Waals surface area contributed by atoms with Gasteiger partial charge in [0.15, 0.2) is 5.69 Å². The number of aromatic nitrogens is 2. The Kier molecular flexibility index (Phi) is 2.19. The van der Waals surface area contributed by atoms with Gasteiger partial charge in [-0.25, -0.2) is 9.78 Å². The molecule has 0 saturated heterocycles. The highest BCUT2D eigenvalue weighted by Crippen LogP contribution is 2.26. The number of carboxylic acids is 1. The molecule has 0 saturated carbocycles. The molecule has 1 aromatic carbocycles. The standard InChI is InChI=1S/C12H8N2O2S/c15-12(16)10-6-17-11(14-10)9-5-7-3-1-2-4-8(7)13-9/h1-6,13H,(H,15,16). The first-order valence-electron chi connectivity index (χ1n) is 5.01. The van der Waals surface area contributed by atoms with Crippen LogP contribution in [0, 0.1) is 0 Å². The van der Waals surface area contributed by atoms with Crippen LogP contribution in [0.1, 0.15) is 10.5 Å². The molecule has 17 heavy (non-hydrogen) atoms. The van der Waals surface area contributed by atoms with Gasteiger partial charge in [0.05, 0.1) is 5.69 Å². The Morgan fingerprint density at radius 3 is 2.88 bits per heavy atom. The Bertz CT molecular complexity index is 666. The van der Waals surface area contributed by atoms with Crippen LogP contribution in [0.4, 0.5) is 0 Å². The van der Waals surface area contributed by atoms with Gasteiger partial charge in [0.25, 0.3) is 0 Å². The fourth-order valence-electron chi connectivity index (χ4n) is 1.68. The SMILES string of the molecule is O=C(O)c1csc(-c2cc3ccccc3[nH]2)n1. The number of aromatic carboxylic acids is 1. The van der Waals surface area contributed by atoms with Crippen molar-refractivity contribution in [1.82, 2.24) is 9.97 Å². The van der Waals surface area contributed by atoms with E-state index < -0.39 is 5.97 Å². The van der Waals surface area contributed by atoms with E-state index in [0.717, 1.165) is 16.6 Å². The quantitative estimate of drug-likeness (QED) is 0.728. The second kappa shape index (κ2) is 3.71. The highest BCUT2D eigenvalue weighted by molar-refractivity contribution is 7.13. The number of thiazole rings is 1. The summed E-state index contributed by atoms with van der Waals surface area (Å²) >= 11 is 1.32. The normalized spacial score (nSPS) is 10.8. The summed E-state index contributed by atoms with van der Waals surface area (Å²) in [6.07, 6.45) is 0. The molecule has 4 nitrogen and oxygen atoms in total. The van der Waals surface area contributed by atoms with Gasteiger partial charge < -0.3 is 10.1 Å². The summed E-state index contributed by atoms with van der Waals surface area (Å²) in [7, 11) is 0. The van der Waals surface area contributed by atoms with Crippen LogP contribution in [-0.2, 0) is 0 Å². The van der Waals surface area contributed by atoms with E-state index >= 15 is 0 Å². The molecule has 0 aliphatic heterocycles. The van der Waals surface area contributed by atoms with Gasteiger partial charge in [0, 0.05) is 16.3 Å². The highest BCUT2D eigenvalue weighted by atomic mass is 32.1. The largest absolute Gasteiger partial charge is 0.476 e. The number of nitrogens with zero attached hydrogens (tertiary/aromatic N) is 1. The van der Waals surface area contributed by atoms with Gasteiger partial charge in [-0.1, -0.05) is 18.2 Å². The summed E-state index contributed by atoms with van der Waals surface area (Å²) in [4.78, 5) is 18.0. The lowest BCUT2D eigenvalue weighted by Crippen LogP contribution is -1.95. The molecule has 3 aromatic rings. The molecule has 5 heteroatoms. The van der Waals surface area contributed by atoms with Gasteiger partial charge in [0.2, 0.25) is 0 Å². The molecule has 0 aliphatic carbocycles. The van der Waals surface area contributed by atoms with Crippen LogP contribution in [-0.4, -0.2) is 21.0 Å². The number of H-pyrrole nitrogens is 1. The van der Waals surface area contributed by atoms with Crippen LogP contribution < -0.4 is 0 Å². The lowest BCUT2D eigenvalue weighted by Gasteiger charge is -1.88. The van der Waals surface area contributed by atoms with Crippen molar-refractivity contribution < 1.29 is 9.90 Å². The summed E-state index contributed by atoms with van der Waals surface area (Å²) < 4.78 is 0. The van der Waals surface area contributed by atoms with E-state index in [2.05, 4.69) is 9.97 Å². The van der Waals surface area contributed by atoms with E-state index in [-0.39, 0.29) is 5.69 Å². The number of carboxylic acid groups (broad SMARTS) is 1. The average Bonchev–Trinajstić information content (AvgIpc) is 2.95. The Morgan fingerprint density at radius 2 is 2.18 bits per heavy atom.